The third kappa shape index (κ3) is 3.00. The minimum Gasteiger partial charge on any atom is -0.305 e. The Kier molecular flexibility index (Phi) is 4.20. The normalized spacial score (nSPS) is 19.3. The molecule has 1 aromatic rings. The number of fused-ring (bicyclic) bond motifs is 2. The van der Waals surface area contributed by atoms with Gasteiger partial charge in [0.05, 0.1) is 0 Å². The second-order valence-electron chi connectivity index (χ2n) is 6.58. The molecular formula is C16H24N4O2S. The molecule has 3 N–H and O–H groups in total. The van der Waals surface area contributed by atoms with Crippen LogP contribution in [-0.2, 0) is 35.6 Å². The molecule has 0 fully saturated rings. The Morgan fingerprint density at radius 2 is 1.91 bits per heavy atom. The third-order valence-corrected chi connectivity index (χ3v) is 6.77. The van der Waals surface area contributed by atoms with E-state index in [0.29, 0.717) is 0 Å². The number of nitrogens with one attached hydrogen (secondary N) is 1. The van der Waals surface area contributed by atoms with E-state index < -0.39 is 21.3 Å². The fourth-order valence-electron chi connectivity index (χ4n) is 3.23. The molecule has 0 saturated heterocycles. The molecule has 0 bridgehead atoms. The predicted molar refractivity (Wildman–Crippen MR) is 92.8 cm³/mol. The van der Waals surface area contributed by atoms with Gasteiger partial charge in [-0.15, -0.1) is 4.36 Å². The van der Waals surface area contributed by atoms with Crippen molar-refractivity contribution in [2.45, 2.75) is 44.4 Å². The summed E-state index contributed by atoms with van der Waals surface area (Å²) in [6, 6.07) is 1.66. The number of anilines is 1. The van der Waals surface area contributed by atoms with Crippen molar-refractivity contribution in [3.8, 4) is 0 Å². The number of carbonyl (C=O) groups is 1. The van der Waals surface area contributed by atoms with E-state index in [4.69, 9.17) is 5.14 Å². The van der Waals surface area contributed by atoms with Gasteiger partial charge in [0.15, 0.2) is 0 Å². The number of aryl methyl sites for hydroxylation is 2. The minimum atomic E-state index is -3.11. The van der Waals surface area contributed by atoms with Gasteiger partial charge in [-0.05, 0) is 75.4 Å². The lowest BCUT2D eigenvalue weighted by Crippen LogP contribution is -2.38. The fraction of sp³-hybridized carbons (Fsp3) is 0.562. The van der Waals surface area contributed by atoms with Crippen molar-refractivity contribution in [2.75, 3.05) is 19.4 Å². The maximum absolute atomic E-state index is 12.4. The van der Waals surface area contributed by atoms with Crippen molar-refractivity contribution < 1.29 is 9.00 Å². The highest BCUT2D eigenvalue weighted by Gasteiger charge is 2.27. The van der Waals surface area contributed by atoms with Gasteiger partial charge in [0, 0.05) is 5.69 Å². The van der Waals surface area contributed by atoms with Crippen LogP contribution in [0.2, 0.25) is 0 Å². The summed E-state index contributed by atoms with van der Waals surface area (Å²) in [6.07, 6.45) is 5.19. The number of carbonyl (C=O) groups excluding carboxylic acids is 1. The second kappa shape index (κ2) is 5.89. The van der Waals surface area contributed by atoms with E-state index in [1.54, 1.807) is 25.9 Å². The minimum absolute atomic E-state index is 0.502. The van der Waals surface area contributed by atoms with E-state index in [2.05, 4.69) is 15.7 Å². The van der Waals surface area contributed by atoms with Gasteiger partial charge >= 0.3 is 6.03 Å². The SMILES string of the molecule is CC(N(C)C)S(N)(=O)=NC(=O)Nc1c2c(cc3c1CC3)CCC2. The highest BCUT2D eigenvalue weighted by molar-refractivity contribution is 7.92. The monoisotopic (exact) mass is 336 g/mol. The van der Waals surface area contributed by atoms with Gasteiger partial charge in [0.25, 0.3) is 0 Å². The third-order valence-electron chi connectivity index (χ3n) is 4.92. The maximum atomic E-state index is 12.4. The van der Waals surface area contributed by atoms with Crippen LogP contribution in [0.1, 0.15) is 35.6 Å². The van der Waals surface area contributed by atoms with Crippen LogP contribution < -0.4 is 10.5 Å². The Bertz CT molecular complexity index is 779. The summed E-state index contributed by atoms with van der Waals surface area (Å²) < 4.78 is 16.2. The van der Waals surface area contributed by atoms with E-state index in [9.17, 15) is 9.00 Å². The number of urea groups is 1. The van der Waals surface area contributed by atoms with Gasteiger partial charge in [-0.25, -0.2) is 14.1 Å². The lowest BCUT2D eigenvalue weighted by Gasteiger charge is -2.26. The smallest absolute Gasteiger partial charge is 0.305 e. The first-order valence-corrected chi connectivity index (χ1v) is 9.61. The van der Waals surface area contributed by atoms with E-state index >= 15 is 0 Å². The Hall–Kier alpha value is -1.44. The zero-order chi connectivity index (χ0) is 16.8. The first-order valence-electron chi connectivity index (χ1n) is 7.97. The van der Waals surface area contributed by atoms with Crippen molar-refractivity contribution in [1.29, 1.82) is 0 Å². The summed E-state index contributed by atoms with van der Waals surface area (Å²) in [5.74, 6) is 0. The molecule has 0 heterocycles. The van der Waals surface area contributed by atoms with E-state index in [1.165, 1.54) is 22.3 Å². The zero-order valence-corrected chi connectivity index (χ0v) is 14.7. The number of nitrogens with zero attached hydrogens (tertiary/aromatic N) is 2. The first-order chi connectivity index (χ1) is 10.8. The molecule has 2 aliphatic carbocycles. The molecule has 2 amide bonds. The van der Waals surface area contributed by atoms with Crippen LogP contribution in [0.4, 0.5) is 10.5 Å². The van der Waals surface area contributed by atoms with Crippen LogP contribution in [0.25, 0.3) is 0 Å². The molecule has 7 heteroatoms. The lowest BCUT2D eigenvalue weighted by atomic mass is 9.83. The molecule has 0 spiro atoms. The lowest BCUT2D eigenvalue weighted by molar-refractivity contribution is 0.259. The molecule has 0 aromatic heterocycles. The Morgan fingerprint density at radius 3 is 2.52 bits per heavy atom. The van der Waals surface area contributed by atoms with Crippen molar-refractivity contribution in [3.05, 3.63) is 28.3 Å². The molecule has 2 unspecified atom stereocenters. The number of hydrogen-bond donors (Lipinski definition) is 2. The van der Waals surface area contributed by atoms with E-state index in [1.807, 2.05) is 0 Å². The summed E-state index contributed by atoms with van der Waals surface area (Å²) in [5, 5.41) is 8.14. The maximum Gasteiger partial charge on any atom is 0.354 e. The molecule has 2 aliphatic rings. The Labute approximate surface area is 137 Å². The molecule has 0 radical (unpaired) electrons. The van der Waals surface area contributed by atoms with Crippen LogP contribution in [-0.4, -0.2) is 34.6 Å². The van der Waals surface area contributed by atoms with E-state index in [-0.39, 0.29) is 0 Å². The van der Waals surface area contributed by atoms with Crippen LogP contribution in [0, 0.1) is 0 Å². The van der Waals surface area contributed by atoms with Gasteiger partial charge < -0.3 is 5.32 Å². The van der Waals surface area contributed by atoms with Gasteiger partial charge in [-0.1, -0.05) is 6.07 Å². The summed E-state index contributed by atoms with van der Waals surface area (Å²) in [7, 11) is 0.414. The first kappa shape index (κ1) is 16.4. The molecule has 0 aliphatic heterocycles. The van der Waals surface area contributed by atoms with E-state index in [0.717, 1.165) is 37.8 Å². The van der Waals surface area contributed by atoms with Gasteiger partial charge in [-0.3, -0.25) is 4.90 Å². The largest absolute Gasteiger partial charge is 0.354 e. The number of nitrogens with two attached hydrogens (primary N) is 1. The molecular weight excluding hydrogens is 312 g/mol. The zero-order valence-electron chi connectivity index (χ0n) is 13.9. The van der Waals surface area contributed by atoms with Crippen LogP contribution in [0.3, 0.4) is 0 Å². The fourth-order valence-corrected chi connectivity index (χ4v) is 4.29. The summed E-state index contributed by atoms with van der Waals surface area (Å²) in [6.45, 7) is 1.70. The molecule has 1 aromatic carbocycles. The Morgan fingerprint density at radius 1 is 1.26 bits per heavy atom. The highest BCUT2D eigenvalue weighted by atomic mass is 32.2. The summed E-state index contributed by atoms with van der Waals surface area (Å²) in [4.78, 5) is 14.0. The number of rotatable bonds is 3. The van der Waals surface area contributed by atoms with Crippen LogP contribution in [0.5, 0.6) is 0 Å². The van der Waals surface area contributed by atoms with Crippen molar-refractivity contribution >= 4 is 21.6 Å². The number of benzene rings is 1. The molecule has 3 rings (SSSR count). The Balaban J connectivity index is 1.89. The van der Waals surface area contributed by atoms with Crippen LogP contribution >= 0.6 is 0 Å². The van der Waals surface area contributed by atoms with Gasteiger partial charge in [-0.2, -0.15) is 0 Å². The standard InChI is InChI=1S/C16H24N4O2S/c1-10(20(2)3)23(17,22)19-16(21)18-15-13-6-4-5-11(13)9-12-7-8-14(12)15/h9-10H,4-8H2,1-3H3,(H3,17,18,19,21,22). The van der Waals surface area contributed by atoms with Crippen LogP contribution in [0.15, 0.2) is 10.4 Å². The van der Waals surface area contributed by atoms with Crippen molar-refractivity contribution in [3.63, 3.8) is 0 Å². The molecule has 0 saturated carbocycles. The van der Waals surface area contributed by atoms with Gasteiger partial charge in [0.2, 0.25) is 0 Å². The number of hydrogen-bond acceptors (Lipinski definition) is 3. The van der Waals surface area contributed by atoms with Crippen molar-refractivity contribution in [1.82, 2.24) is 4.90 Å². The highest BCUT2D eigenvalue weighted by Crippen LogP contribution is 2.39. The quantitative estimate of drug-likeness (QED) is 0.885. The molecule has 6 nitrogen and oxygen atoms in total. The summed E-state index contributed by atoms with van der Waals surface area (Å²) >= 11 is 0. The summed E-state index contributed by atoms with van der Waals surface area (Å²) in [5.41, 5.74) is 5.96. The van der Waals surface area contributed by atoms with Gasteiger partial charge in [0.1, 0.15) is 15.3 Å². The molecule has 2 atom stereocenters. The van der Waals surface area contributed by atoms with Crippen molar-refractivity contribution in [2.24, 2.45) is 9.50 Å². The second-order valence-corrected chi connectivity index (χ2v) is 8.67. The predicted octanol–water partition coefficient (Wildman–Crippen LogP) is 2.06. The number of amides is 2. The topological polar surface area (TPSA) is 87.8 Å². The average Bonchev–Trinajstić information content (AvgIpc) is 2.88. The molecule has 126 valence electrons. The molecule has 23 heavy (non-hydrogen) atoms. The average molecular weight is 336 g/mol.